The summed E-state index contributed by atoms with van der Waals surface area (Å²) in [6.45, 7) is 12.7. The Morgan fingerprint density at radius 2 is 1.71 bits per heavy atom. The lowest BCUT2D eigenvalue weighted by atomic mass is 9.98. The first-order valence-corrected chi connectivity index (χ1v) is 15.7. The molecular formula is C32H48N4OS. The van der Waals surface area contributed by atoms with E-state index in [1.807, 2.05) is 18.2 Å². The lowest BCUT2D eigenvalue weighted by Gasteiger charge is -2.30. The Kier molecular flexibility index (Phi) is 13.8. The summed E-state index contributed by atoms with van der Waals surface area (Å²) < 4.78 is 7.18. The SMILES string of the molecule is CCCCCOCCN(CC(CC)CCCC)c1ccc(/N=N/c2nc3ccccc3s2)c(CCCC)c1. The Bertz CT molecular complexity index is 1060. The monoisotopic (exact) mass is 536 g/mol. The van der Waals surface area contributed by atoms with Crippen molar-refractivity contribution in [2.24, 2.45) is 16.1 Å². The number of ether oxygens (including phenoxy) is 1. The number of aromatic nitrogens is 1. The van der Waals surface area contributed by atoms with Crippen molar-refractivity contribution in [3.8, 4) is 0 Å². The molecule has 208 valence electrons. The highest BCUT2D eigenvalue weighted by Gasteiger charge is 2.15. The molecule has 2 aromatic carbocycles. The molecule has 0 bridgehead atoms. The smallest absolute Gasteiger partial charge is 0.231 e. The minimum absolute atomic E-state index is 0.701. The summed E-state index contributed by atoms with van der Waals surface area (Å²) in [5, 5.41) is 9.92. The largest absolute Gasteiger partial charge is 0.380 e. The van der Waals surface area contributed by atoms with Crippen LogP contribution in [0, 0.1) is 5.92 Å². The van der Waals surface area contributed by atoms with Crippen molar-refractivity contribution in [3.05, 3.63) is 48.0 Å². The fourth-order valence-electron chi connectivity index (χ4n) is 4.72. The molecule has 0 fully saturated rings. The van der Waals surface area contributed by atoms with Gasteiger partial charge in [0.25, 0.3) is 0 Å². The van der Waals surface area contributed by atoms with Crippen LogP contribution in [0.25, 0.3) is 10.2 Å². The van der Waals surface area contributed by atoms with E-state index in [-0.39, 0.29) is 0 Å². The third-order valence-corrected chi connectivity index (χ3v) is 8.09. The number of hydrogen-bond donors (Lipinski definition) is 0. The van der Waals surface area contributed by atoms with E-state index >= 15 is 0 Å². The maximum atomic E-state index is 6.03. The van der Waals surface area contributed by atoms with Crippen LogP contribution >= 0.6 is 11.3 Å². The van der Waals surface area contributed by atoms with Crippen molar-refractivity contribution in [2.75, 3.05) is 31.2 Å². The van der Waals surface area contributed by atoms with Crippen LogP contribution in [0.4, 0.5) is 16.5 Å². The van der Waals surface area contributed by atoms with Crippen LogP contribution in [-0.4, -0.2) is 31.3 Å². The van der Waals surface area contributed by atoms with E-state index in [4.69, 9.17) is 4.74 Å². The molecule has 0 aliphatic carbocycles. The Morgan fingerprint density at radius 3 is 2.47 bits per heavy atom. The molecule has 1 unspecified atom stereocenters. The Hall–Kier alpha value is -2.31. The molecule has 1 atom stereocenters. The summed E-state index contributed by atoms with van der Waals surface area (Å²) in [7, 11) is 0. The number of fused-ring (bicyclic) bond motifs is 1. The summed E-state index contributed by atoms with van der Waals surface area (Å²) in [6.07, 6.45) is 12.0. The van der Waals surface area contributed by atoms with Gasteiger partial charge in [0.15, 0.2) is 0 Å². The van der Waals surface area contributed by atoms with Gasteiger partial charge in [0.05, 0.1) is 22.5 Å². The molecule has 0 saturated carbocycles. The van der Waals surface area contributed by atoms with Crippen molar-refractivity contribution in [3.63, 3.8) is 0 Å². The number of para-hydroxylation sites is 1. The van der Waals surface area contributed by atoms with Gasteiger partial charge < -0.3 is 9.64 Å². The molecule has 0 radical (unpaired) electrons. The third kappa shape index (κ3) is 9.77. The van der Waals surface area contributed by atoms with E-state index in [1.165, 1.54) is 49.8 Å². The van der Waals surface area contributed by atoms with Gasteiger partial charge in [-0.15, -0.1) is 10.2 Å². The second-order valence-corrected chi connectivity index (χ2v) is 11.3. The Labute approximate surface area is 234 Å². The number of unbranched alkanes of at least 4 members (excludes halogenated alkanes) is 4. The molecule has 6 heteroatoms. The van der Waals surface area contributed by atoms with Gasteiger partial charge in [-0.1, -0.05) is 89.7 Å². The number of benzene rings is 2. The van der Waals surface area contributed by atoms with Crippen LogP contribution in [0.5, 0.6) is 0 Å². The average Bonchev–Trinajstić information content (AvgIpc) is 3.37. The fourth-order valence-corrected chi connectivity index (χ4v) is 5.51. The standard InChI is InChI=1S/C32H48N4OS/c1-5-9-14-22-37-23-21-36(25-26(8-4)15-10-6-2)28-19-20-29(27(24-28)16-11-7-3)34-35-32-33-30-17-12-13-18-31(30)38-32/h12-13,17-20,24,26H,5-11,14-16,21-23,25H2,1-4H3/b35-34+. The maximum Gasteiger partial charge on any atom is 0.231 e. The minimum Gasteiger partial charge on any atom is -0.380 e. The van der Waals surface area contributed by atoms with Gasteiger partial charge in [0, 0.05) is 25.4 Å². The fraction of sp³-hybridized carbons (Fsp3) is 0.594. The highest BCUT2D eigenvalue weighted by atomic mass is 32.1. The Morgan fingerprint density at radius 1 is 0.895 bits per heavy atom. The van der Waals surface area contributed by atoms with Gasteiger partial charge >= 0.3 is 0 Å². The number of thiazole rings is 1. The van der Waals surface area contributed by atoms with Gasteiger partial charge in [-0.3, -0.25) is 0 Å². The first-order valence-electron chi connectivity index (χ1n) is 14.9. The molecule has 1 heterocycles. The first-order chi connectivity index (χ1) is 18.7. The maximum absolute atomic E-state index is 6.03. The van der Waals surface area contributed by atoms with E-state index in [0.29, 0.717) is 11.0 Å². The number of azo groups is 1. The topological polar surface area (TPSA) is 50.1 Å². The molecule has 0 saturated heterocycles. The van der Waals surface area contributed by atoms with Crippen LogP contribution < -0.4 is 4.90 Å². The zero-order valence-electron chi connectivity index (χ0n) is 24.1. The van der Waals surface area contributed by atoms with Gasteiger partial charge in [-0.25, -0.2) is 4.98 Å². The van der Waals surface area contributed by atoms with Crippen molar-refractivity contribution >= 4 is 38.1 Å². The van der Waals surface area contributed by atoms with Crippen LogP contribution in [0.1, 0.15) is 91.0 Å². The molecule has 0 N–H and O–H groups in total. The van der Waals surface area contributed by atoms with Gasteiger partial charge in [0.2, 0.25) is 5.13 Å². The van der Waals surface area contributed by atoms with E-state index in [2.05, 4.69) is 72.1 Å². The lowest BCUT2D eigenvalue weighted by molar-refractivity contribution is 0.135. The molecular weight excluding hydrogens is 488 g/mol. The zero-order valence-corrected chi connectivity index (χ0v) is 24.9. The lowest BCUT2D eigenvalue weighted by Crippen LogP contribution is -2.32. The number of rotatable bonds is 19. The number of nitrogens with zero attached hydrogens (tertiary/aromatic N) is 4. The molecule has 3 rings (SSSR count). The first kappa shape index (κ1) is 30.2. The minimum atomic E-state index is 0.701. The normalized spacial score (nSPS) is 12.5. The van der Waals surface area contributed by atoms with E-state index in [0.717, 1.165) is 67.9 Å². The van der Waals surface area contributed by atoms with E-state index in [1.54, 1.807) is 11.3 Å². The molecule has 38 heavy (non-hydrogen) atoms. The van der Waals surface area contributed by atoms with Crippen molar-refractivity contribution < 1.29 is 4.74 Å². The molecule has 1 aromatic heterocycles. The second kappa shape index (κ2) is 17.3. The quantitative estimate of drug-likeness (QED) is 0.113. The number of aryl methyl sites for hydroxylation is 1. The number of anilines is 1. The van der Waals surface area contributed by atoms with Crippen LogP contribution in [-0.2, 0) is 11.2 Å². The predicted octanol–water partition coefficient (Wildman–Crippen LogP) is 10.3. The summed E-state index contributed by atoms with van der Waals surface area (Å²) in [6, 6.07) is 14.9. The van der Waals surface area contributed by atoms with Gasteiger partial charge in [-0.2, -0.15) is 0 Å². The Balaban J connectivity index is 1.80. The average molecular weight is 537 g/mol. The summed E-state index contributed by atoms with van der Waals surface area (Å²) >= 11 is 1.59. The van der Waals surface area contributed by atoms with Gasteiger partial charge in [-0.05, 0) is 67.5 Å². The van der Waals surface area contributed by atoms with Crippen LogP contribution in [0.3, 0.4) is 0 Å². The molecule has 0 aliphatic heterocycles. The molecule has 3 aromatic rings. The van der Waals surface area contributed by atoms with Crippen molar-refractivity contribution in [2.45, 2.75) is 91.9 Å². The molecule has 0 amide bonds. The second-order valence-electron chi connectivity index (χ2n) is 10.3. The van der Waals surface area contributed by atoms with Crippen molar-refractivity contribution in [1.29, 1.82) is 0 Å². The zero-order chi connectivity index (χ0) is 27.0. The predicted molar refractivity (Wildman–Crippen MR) is 165 cm³/mol. The molecule has 0 aliphatic rings. The summed E-state index contributed by atoms with van der Waals surface area (Å²) in [5.41, 5.74) is 4.48. The molecule has 5 nitrogen and oxygen atoms in total. The summed E-state index contributed by atoms with van der Waals surface area (Å²) in [4.78, 5) is 7.18. The van der Waals surface area contributed by atoms with E-state index in [9.17, 15) is 0 Å². The highest BCUT2D eigenvalue weighted by molar-refractivity contribution is 7.21. The third-order valence-electron chi connectivity index (χ3n) is 7.17. The summed E-state index contributed by atoms with van der Waals surface area (Å²) in [5.74, 6) is 0.701. The van der Waals surface area contributed by atoms with Crippen molar-refractivity contribution in [1.82, 2.24) is 4.98 Å². The van der Waals surface area contributed by atoms with E-state index < -0.39 is 0 Å². The number of hydrogen-bond acceptors (Lipinski definition) is 6. The molecule has 0 spiro atoms. The highest BCUT2D eigenvalue weighted by Crippen LogP contribution is 2.32. The van der Waals surface area contributed by atoms with Crippen LogP contribution in [0.2, 0.25) is 0 Å². The van der Waals surface area contributed by atoms with Crippen LogP contribution in [0.15, 0.2) is 52.7 Å². The van der Waals surface area contributed by atoms with Gasteiger partial charge in [0.1, 0.15) is 0 Å².